The molecule has 0 aliphatic heterocycles. The summed E-state index contributed by atoms with van der Waals surface area (Å²) >= 11 is 0. The van der Waals surface area contributed by atoms with Crippen molar-refractivity contribution >= 4 is 5.97 Å². The van der Waals surface area contributed by atoms with Crippen molar-refractivity contribution in [2.24, 2.45) is 0 Å². The first-order chi connectivity index (χ1) is 8.33. The summed E-state index contributed by atoms with van der Waals surface area (Å²) in [6, 6.07) is 3.71. The summed E-state index contributed by atoms with van der Waals surface area (Å²) in [5.74, 6) is -0.0988. The number of hydrogen-bond donors (Lipinski definition) is 0. The molecule has 0 aromatic carbocycles. The second-order valence-corrected chi connectivity index (χ2v) is 4.18. The Labute approximate surface area is 103 Å². The summed E-state index contributed by atoms with van der Waals surface area (Å²) in [5, 5.41) is 0. The maximum Gasteiger partial charge on any atom is 0.306 e. The van der Waals surface area contributed by atoms with E-state index in [1.807, 2.05) is 12.1 Å². The van der Waals surface area contributed by atoms with Gasteiger partial charge in [0, 0.05) is 18.8 Å². The summed E-state index contributed by atoms with van der Waals surface area (Å²) in [5.41, 5.74) is 0.985. The van der Waals surface area contributed by atoms with E-state index < -0.39 is 0 Å². The van der Waals surface area contributed by atoms with Gasteiger partial charge in [0.25, 0.3) is 0 Å². The van der Waals surface area contributed by atoms with Crippen LogP contribution in [-0.2, 0) is 16.1 Å². The molecule has 0 amide bonds. The lowest BCUT2D eigenvalue weighted by Crippen LogP contribution is -2.04. The van der Waals surface area contributed by atoms with Crippen LogP contribution < -0.4 is 0 Å². The van der Waals surface area contributed by atoms with E-state index in [-0.39, 0.29) is 5.97 Å². The van der Waals surface area contributed by atoms with E-state index in [9.17, 15) is 4.79 Å². The third-order valence-corrected chi connectivity index (χ3v) is 2.63. The first kappa shape index (κ1) is 13.7. The van der Waals surface area contributed by atoms with Crippen LogP contribution in [0.2, 0.25) is 0 Å². The predicted octanol–water partition coefficient (Wildman–Crippen LogP) is 3.49. The van der Waals surface area contributed by atoms with Gasteiger partial charge < -0.3 is 4.74 Å². The van der Waals surface area contributed by atoms with Crippen molar-refractivity contribution in [2.75, 3.05) is 0 Å². The lowest BCUT2D eigenvalue weighted by Gasteiger charge is -2.04. The summed E-state index contributed by atoms with van der Waals surface area (Å²) in [4.78, 5) is 15.3. The lowest BCUT2D eigenvalue weighted by atomic mass is 10.1. The molecule has 0 bridgehead atoms. The maximum atomic E-state index is 11.4. The number of carbonyl (C=O) groups is 1. The minimum atomic E-state index is -0.0988. The quantitative estimate of drug-likeness (QED) is 0.511. The Morgan fingerprint density at radius 1 is 1.18 bits per heavy atom. The molecule has 17 heavy (non-hydrogen) atoms. The number of hydrogen-bond acceptors (Lipinski definition) is 3. The van der Waals surface area contributed by atoms with Crippen LogP contribution in [0.1, 0.15) is 51.0 Å². The van der Waals surface area contributed by atoms with Crippen molar-refractivity contribution < 1.29 is 9.53 Å². The van der Waals surface area contributed by atoms with Crippen LogP contribution in [0.5, 0.6) is 0 Å². The van der Waals surface area contributed by atoms with Crippen LogP contribution in [0.15, 0.2) is 24.5 Å². The van der Waals surface area contributed by atoms with Crippen molar-refractivity contribution in [2.45, 2.75) is 52.1 Å². The molecule has 1 aromatic heterocycles. The van der Waals surface area contributed by atoms with Crippen LogP contribution in [-0.4, -0.2) is 11.0 Å². The molecule has 1 rings (SSSR count). The van der Waals surface area contributed by atoms with Crippen molar-refractivity contribution in [3.8, 4) is 0 Å². The summed E-state index contributed by atoms with van der Waals surface area (Å²) in [7, 11) is 0. The second-order valence-electron chi connectivity index (χ2n) is 4.18. The molecule has 0 N–H and O–H groups in total. The van der Waals surface area contributed by atoms with Crippen LogP contribution in [0.4, 0.5) is 0 Å². The second kappa shape index (κ2) is 8.74. The van der Waals surface area contributed by atoms with Gasteiger partial charge in [0.05, 0.1) is 0 Å². The molecule has 94 valence electrons. The molecule has 0 saturated carbocycles. The highest BCUT2D eigenvalue weighted by molar-refractivity contribution is 5.69. The summed E-state index contributed by atoms with van der Waals surface area (Å²) < 4.78 is 5.17. The largest absolute Gasteiger partial charge is 0.461 e. The van der Waals surface area contributed by atoms with E-state index in [2.05, 4.69) is 11.9 Å². The number of esters is 1. The monoisotopic (exact) mass is 235 g/mol. The Bertz CT molecular complexity index is 311. The van der Waals surface area contributed by atoms with Gasteiger partial charge in [-0.05, 0) is 24.1 Å². The van der Waals surface area contributed by atoms with Crippen LogP contribution in [0.25, 0.3) is 0 Å². The van der Waals surface area contributed by atoms with Gasteiger partial charge in [0.15, 0.2) is 0 Å². The summed E-state index contributed by atoms with van der Waals surface area (Å²) in [6.07, 6.45) is 9.71. The average Bonchev–Trinajstić information content (AvgIpc) is 2.37. The number of unbranched alkanes of at least 4 members (excludes halogenated alkanes) is 4. The molecule has 3 heteroatoms. The highest BCUT2D eigenvalue weighted by Gasteiger charge is 2.02. The normalized spacial score (nSPS) is 10.2. The fourth-order valence-electron chi connectivity index (χ4n) is 1.59. The molecule has 0 saturated heterocycles. The minimum Gasteiger partial charge on any atom is -0.461 e. The van der Waals surface area contributed by atoms with Gasteiger partial charge >= 0.3 is 5.97 Å². The molecular formula is C14H21NO2. The van der Waals surface area contributed by atoms with E-state index >= 15 is 0 Å². The van der Waals surface area contributed by atoms with Gasteiger partial charge in [-0.3, -0.25) is 9.78 Å². The van der Waals surface area contributed by atoms with Crippen molar-refractivity contribution in [3.05, 3.63) is 30.1 Å². The van der Waals surface area contributed by atoms with E-state index in [1.54, 1.807) is 12.4 Å². The van der Waals surface area contributed by atoms with Crippen molar-refractivity contribution in [1.29, 1.82) is 0 Å². The molecule has 0 unspecified atom stereocenters. The molecule has 1 heterocycles. The van der Waals surface area contributed by atoms with Crippen LogP contribution >= 0.6 is 0 Å². The average molecular weight is 235 g/mol. The zero-order valence-electron chi connectivity index (χ0n) is 10.5. The zero-order chi connectivity index (χ0) is 12.3. The minimum absolute atomic E-state index is 0.0988. The lowest BCUT2D eigenvalue weighted by molar-refractivity contribution is -0.145. The third-order valence-electron chi connectivity index (χ3n) is 2.63. The summed E-state index contributed by atoms with van der Waals surface area (Å²) in [6.45, 7) is 2.54. The Balaban J connectivity index is 2.05. The molecule has 0 aliphatic carbocycles. The zero-order valence-corrected chi connectivity index (χ0v) is 10.5. The highest BCUT2D eigenvalue weighted by Crippen LogP contribution is 2.07. The van der Waals surface area contributed by atoms with Gasteiger partial charge in [-0.1, -0.05) is 32.6 Å². The maximum absolute atomic E-state index is 11.4. The Hall–Kier alpha value is -1.38. The van der Waals surface area contributed by atoms with Crippen molar-refractivity contribution in [3.63, 3.8) is 0 Å². The molecular weight excluding hydrogens is 214 g/mol. The molecule has 0 aliphatic rings. The first-order valence-electron chi connectivity index (χ1n) is 6.37. The number of rotatable bonds is 8. The van der Waals surface area contributed by atoms with Gasteiger partial charge in [0.2, 0.25) is 0 Å². The molecule has 0 spiro atoms. The Kier molecular flexibility index (Phi) is 7.03. The number of ether oxygens (including phenoxy) is 1. The standard InChI is InChI=1S/C14H21NO2/c1-2-3-4-5-6-7-14(16)17-12-13-8-10-15-11-9-13/h8-11H,2-7,12H2,1H3. The van der Waals surface area contributed by atoms with Crippen molar-refractivity contribution in [1.82, 2.24) is 4.98 Å². The van der Waals surface area contributed by atoms with E-state index in [4.69, 9.17) is 4.74 Å². The Morgan fingerprint density at radius 2 is 1.88 bits per heavy atom. The first-order valence-corrected chi connectivity index (χ1v) is 6.37. The van der Waals surface area contributed by atoms with E-state index in [0.717, 1.165) is 18.4 Å². The van der Waals surface area contributed by atoms with Gasteiger partial charge in [0.1, 0.15) is 6.61 Å². The third kappa shape index (κ3) is 6.72. The highest BCUT2D eigenvalue weighted by atomic mass is 16.5. The number of nitrogens with zero attached hydrogens (tertiary/aromatic N) is 1. The fourth-order valence-corrected chi connectivity index (χ4v) is 1.59. The topological polar surface area (TPSA) is 39.2 Å². The molecule has 0 atom stereocenters. The molecule has 0 radical (unpaired) electrons. The molecule has 3 nitrogen and oxygen atoms in total. The SMILES string of the molecule is CCCCCCCC(=O)OCc1ccncc1. The van der Waals surface area contributed by atoms with Crippen LogP contribution in [0, 0.1) is 0 Å². The van der Waals surface area contributed by atoms with Gasteiger partial charge in [-0.25, -0.2) is 0 Å². The predicted molar refractivity (Wildman–Crippen MR) is 67.4 cm³/mol. The van der Waals surface area contributed by atoms with Crippen LogP contribution in [0.3, 0.4) is 0 Å². The number of pyridine rings is 1. The molecule has 1 aromatic rings. The Morgan fingerprint density at radius 3 is 2.59 bits per heavy atom. The van der Waals surface area contributed by atoms with E-state index in [0.29, 0.717) is 13.0 Å². The number of aromatic nitrogens is 1. The smallest absolute Gasteiger partial charge is 0.306 e. The number of carbonyl (C=O) groups excluding carboxylic acids is 1. The fraction of sp³-hybridized carbons (Fsp3) is 0.571. The molecule has 0 fully saturated rings. The van der Waals surface area contributed by atoms with Gasteiger partial charge in [-0.2, -0.15) is 0 Å². The van der Waals surface area contributed by atoms with E-state index in [1.165, 1.54) is 19.3 Å². The van der Waals surface area contributed by atoms with Gasteiger partial charge in [-0.15, -0.1) is 0 Å².